The molecule has 0 heterocycles. The summed E-state index contributed by atoms with van der Waals surface area (Å²) in [5.41, 5.74) is 0.780. The Balaban J connectivity index is 2.88. The van der Waals surface area contributed by atoms with E-state index in [0.29, 0.717) is 25.0 Å². The largest absolute Gasteiger partial charge is 0.480 e. The summed E-state index contributed by atoms with van der Waals surface area (Å²) in [6.07, 6.45) is 3.25. The lowest BCUT2D eigenvalue weighted by molar-refractivity contribution is -0.142. The van der Waals surface area contributed by atoms with Crippen LogP contribution in [0.2, 0.25) is 0 Å². The van der Waals surface area contributed by atoms with E-state index < -0.39 is 35.9 Å². The normalized spacial score (nSPS) is 13.7. The van der Waals surface area contributed by atoms with Crippen LogP contribution in [0.4, 0.5) is 0 Å². The predicted octanol–water partition coefficient (Wildman–Crippen LogP) is 1.20. The van der Waals surface area contributed by atoms with Gasteiger partial charge in [0, 0.05) is 6.42 Å². The Kier molecular flexibility index (Phi) is 11.6. The van der Waals surface area contributed by atoms with Gasteiger partial charge in [0.05, 0.1) is 0 Å². The van der Waals surface area contributed by atoms with E-state index in [-0.39, 0.29) is 12.3 Å². The van der Waals surface area contributed by atoms with Crippen LogP contribution < -0.4 is 16.0 Å². The summed E-state index contributed by atoms with van der Waals surface area (Å²) in [6.45, 7) is 3.81. The Morgan fingerprint density at radius 3 is 2.17 bits per heavy atom. The standard InChI is InChI=1S/C21H31N3O5S/c1-14(2)11-17(23-19(26)16(22-13-25)9-10-30-3)20(27)24-18(21(28)29)12-15-7-5-4-6-8-15/h4-8,13-14,16-18H,9-12H2,1-3H3,(H,22,25)(H,23,26)(H,24,27)(H,28,29)/t16-,17?,18-/m0/s1. The van der Waals surface area contributed by atoms with Gasteiger partial charge in [-0.3, -0.25) is 14.4 Å². The Morgan fingerprint density at radius 1 is 1.03 bits per heavy atom. The molecule has 3 atom stereocenters. The molecular formula is C21H31N3O5S. The quantitative estimate of drug-likeness (QED) is 0.324. The van der Waals surface area contributed by atoms with E-state index >= 15 is 0 Å². The van der Waals surface area contributed by atoms with Crippen LogP contribution in [0.25, 0.3) is 0 Å². The van der Waals surface area contributed by atoms with Crippen molar-refractivity contribution in [1.29, 1.82) is 0 Å². The summed E-state index contributed by atoms with van der Waals surface area (Å²) < 4.78 is 0. The molecule has 0 saturated carbocycles. The Morgan fingerprint density at radius 2 is 1.63 bits per heavy atom. The molecule has 0 radical (unpaired) electrons. The van der Waals surface area contributed by atoms with E-state index in [4.69, 9.17) is 0 Å². The zero-order valence-electron chi connectivity index (χ0n) is 17.6. The number of hydrogen-bond donors (Lipinski definition) is 4. The number of rotatable bonds is 14. The van der Waals surface area contributed by atoms with E-state index in [2.05, 4.69) is 16.0 Å². The fraction of sp³-hybridized carbons (Fsp3) is 0.524. The molecule has 0 aliphatic heterocycles. The highest BCUT2D eigenvalue weighted by Gasteiger charge is 2.29. The van der Waals surface area contributed by atoms with Crippen LogP contribution in [0.1, 0.15) is 32.3 Å². The summed E-state index contributed by atoms with van der Waals surface area (Å²) in [7, 11) is 0. The summed E-state index contributed by atoms with van der Waals surface area (Å²) in [5, 5.41) is 17.2. The number of thioether (sulfide) groups is 1. The first kappa shape index (κ1) is 25.5. The molecule has 166 valence electrons. The van der Waals surface area contributed by atoms with Gasteiger partial charge >= 0.3 is 5.97 Å². The Bertz CT molecular complexity index is 699. The second kappa shape index (κ2) is 13.6. The van der Waals surface area contributed by atoms with Crippen molar-refractivity contribution in [3.05, 3.63) is 35.9 Å². The van der Waals surface area contributed by atoms with Gasteiger partial charge in [0.2, 0.25) is 18.2 Å². The van der Waals surface area contributed by atoms with Gasteiger partial charge < -0.3 is 21.1 Å². The third kappa shape index (κ3) is 9.30. The molecule has 8 nitrogen and oxygen atoms in total. The lowest BCUT2D eigenvalue weighted by Crippen LogP contribution is -2.55. The van der Waals surface area contributed by atoms with Crippen molar-refractivity contribution in [2.24, 2.45) is 5.92 Å². The summed E-state index contributed by atoms with van der Waals surface area (Å²) >= 11 is 1.54. The van der Waals surface area contributed by atoms with Crippen molar-refractivity contribution in [2.75, 3.05) is 12.0 Å². The minimum Gasteiger partial charge on any atom is -0.480 e. The molecule has 1 aromatic carbocycles. The average molecular weight is 438 g/mol. The fourth-order valence-corrected chi connectivity index (χ4v) is 3.38. The molecule has 0 saturated heterocycles. The summed E-state index contributed by atoms with van der Waals surface area (Å²) in [5.74, 6) is -1.43. The molecule has 1 rings (SSSR count). The Labute approximate surface area is 181 Å². The van der Waals surface area contributed by atoms with Gasteiger partial charge in [-0.2, -0.15) is 11.8 Å². The molecule has 30 heavy (non-hydrogen) atoms. The van der Waals surface area contributed by atoms with Crippen LogP contribution in [-0.4, -0.2) is 59.4 Å². The maximum Gasteiger partial charge on any atom is 0.326 e. The van der Waals surface area contributed by atoms with Gasteiger partial charge in [0.25, 0.3) is 0 Å². The number of benzene rings is 1. The third-order valence-electron chi connectivity index (χ3n) is 4.43. The van der Waals surface area contributed by atoms with Crippen LogP contribution in [0, 0.1) is 5.92 Å². The maximum atomic E-state index is 12.8. The molecule has 9 heteroatoms. The highest BCUT2D eigenvalue weighted by atomic mass is 32.2. The topological polar surface area (TPSA) is 125 Å². The number of carbonyl (C=O) groups is 4. The van der Waals surface area contributed by atoms with E-state index in [9.17, 15) is 24.3 Å². The monoisotopic (exact) mass is 437 g/mol. The number of aliphatic carboxylic acids is 1. The Hall–Kier alpha value is -2.55. The van der Waals surface area contributed by atoms with E-state index in [1.54, 1.807) is 36.0 Å². The van der Waals surface area contributed by atoms with Crippen LogP contribution >= 0.6 is 11.8 Å². The zero-order valence-corrected chi connectivity index (χ0v) is 18.4. The molecule has 0 fully saturated rings. The highest BCUT2D eigenvalue weighted by molar-refractivity contribution is 7.98. The molecule has 0 aliphatic carbocycles. The van der Waals surface area contributed by atoms with Gasteiger partial charge in [-0.15, -0.1) is 0 Å². The summed E-state index contributed by atoms with van der Waals surface area (Å²) in [4.78, 5) is 47.9. The average Bonchev–Trinajstić information content (AvgIpc) is 2.70. The lowest BCUT2D eigenvalue weighted by Gasteiger charge is -2.25. The van der Waals surface area contributed by atoms with Crippen LogP contribution in [0.5, 0.6) is 0 Å². The maximum absolute atomic E-state index is 12.8. The minimum atomic E-state index is -1.15. The minimum absolute atomic E-state index is 0.0853. The smallest absolute Gasteiger partial charge is 0.326 e. The molecule has 0 aromatic heterocycles. The van der Waals surface area contributed by atoms with Crippen LogP contribution in [0.15, 0.2) is 30.3 Å². The number of carboxylic acid groups (broad SMARTS) is 1. The molecular weight excluding hydrogens is 406 g/mol. The molecule has 0 aliphatic rings. The van der Waals surface area contributed by atoms with Crippen molar-refractivity contribution in [2.45, 2.75) is 51.2 Å². The zero-order chi connectivity index (χ0) is 22.5. The number of nitrogens with one attached hydrogen (secondary N) is 3. The van der Waals surface area contributed by atoms with Gasteiger partial charge in [0.15, 0.2) is 0 Å². The number of carbonyl (C=O) groups excluding carboxylic acids is 3. The SMILES string of the molecule is CSCC[C@H](NC=O)C(=O)NC(CC(C)C)C(=O)N[C@@H](Cc1ccccc1)C(=O)O. The van der Waals surface area contributed by atoms with Crippen molar-refractivity contribution in [1.82, 2.24) is 16.0 Å². The van der Waals surface area contributed by atoms with Crippen molar-refractivity contribution in [3.8, 4) is 0 Å². The number of hydrogen-bond acceptors (Lipinski definition) is 5. The first-order valence-electron chi connectivity index (χ1n) is 9.84. The lowest BCUT2D eigenvalue weighted by atomic mass is 10.0. The second-order valence-corrected chi connectivity index (χ2v) is 8.38. The third-order valence-corrected chi connectivity index (χ3v) is 5.08. The fourth-order valence-electron chi connectivity index (χ4n) is 2.91. The number of amides is 3. The molecule has 0 bridgehead atoms. The number of carboxylic acids is 1. The first-order valence-corrected chi connectivity index (χ1v) is 11.2. The molecule has 1 unspecified atom stereocenters. The van der Waals surface area contributed by atoms with Gasteiger partial charge in [-0.1, -0.05) is 44.2 Å². The van der Waals surface area contributed by atoms with Gasteiger partial charge in [0.1, 0.15) is 18.1 Å². The van der Waals surface area contributed by atoms with Gasteiger partial charge in [-0.05, 0) is 36.3 Å². The molecule has 3 amide bonds. The predicted molar refractivity (Wildman–Crippen MR) is 117 cm³/mol. The van der Waals surface area contributed by atoms with E-state index in [1.165, 1.54) is 0 Å². The van der Waals surface area contributed by atoms with Crippen molar-refractivity contribution >= 4 is 36.0 Å². The van der Waals surface area contributed by atoms with E-state index in [0.717, 1.165) is 5.56 Å². The summed E-state index contributed by atoms with van der Waals surface area (Å²) in [6, 6.07) is 6.23. The van der Waals surface area contributed by atoms with E-state index in [1.807, 2.05) is 26.2 Å². The molecule has 1 aromatic rings. The highest BCUT2D eigenvalue weighted by Crippen LogP contribution is 2.09. The van der Waals surface area contributed by atoms with Crippen LogP contribution in [-0.2, 0) is 25.6 Å². The first-order chi connectivity index (χ1) is 14.3. The molecule has 0 spiro atoms. The van der Waals surface area contributed by atoms with Crippen LogP contribution in [0.3, 0.4) is 0 Å². The van der Waals surface area contributed by atoms with Gasteiger partial charge in [-0.25, -0.2) is 4.79 Å². The second-order valence-electron chi connectivity index (χ2n) is 7.40. The van der Waals surface area contributed by atoms with Crippen molar-refractivity contribution in [3.63, 3.8) is 0 Å². The van der Waals surface area contributed by atoms with Crippen molar-refractivity contribution < 1.29 is 24.3 Å². The molecule has 4 N–H and O–H groups in total.